The van der Waals surface area contributed by atoms with Gasteiger partial charge in [-0.25, -0.2) is 14.6 Å². The van der Waals surface area contributed by atoms with Gasteiger partial charge in [0.2, 0.25) is 0 Å². The van der Waals surface area contributed by atoms with Gasteiger partial charge in [0.15, 0.2) is 6.61 Å². The van der Waals surface area contributed by atoms with Crippen LogP contribution >= 0.6 is 11.6 Å². The van der Waals surface area contributed by atoms with Gasteiger partial charge in [0.1, 0.15) is 17.3 Å². The summed E-state index contributed by atoms with van der Waals surface area (Å²) in [6.07, 6.45) is 1.40. The number of carbonyl (C=O) groups excluding carboxylic acids is 2. The number of carbonyl (C=O) groups is 2. The molecule has 152 valence electrons. The van der Waals surface area contributed by atoms with Crippen molar-refractivity contribution in [3.8, 4) is 11.5 Å². The molecule has 30 heavy (non-hydrogen) atoms. The predicted octanol–water partition coefficient (Wildman–Crippen LogP) is 4.23. The Labute approximate surface area is 176 Å². The molecular weight excluding hydrogens is 411 g/mol. The first-order chi connectivity index (χ1) is 14.5. The van der Waals surface area contributed by atoms with E-state index in [4.69, 9.17) is 21.1 Å². The molecule has 0 aromatic heterocycles. The summed E-state index contributed by atoms with van der Waals surface area (Å²) in [6.45, 7) is -0.276. The van der Waals surface area contributed by atoms with Crippen LogP contribution in [0.25, 0.3) is 0 Å². The van der Waals surface area contributed by atoms with Gasteiger partial charge in [0.25, 0.3) is 5.91 Å². The number of rotatable bonds is 7. The molecule has 3 aromatic carbocycles. The largest absolute Gasteiger partial charge is 0.484 e. The number of hydrogen-bond donors (Lipinski definition) is 1. The average molecular weight is 427 g/mol. The van der Waals surface area contributed by atoms with Crippen LogP contribution in [0.3, 0.4) is 0 Å². The van der Waals surface area contributed by atoms with Crippen LogP contribution in [0.1, 0.15) is 15.9 Å². The Morgan fingerprint density at radius 2 is 1.73 bits per heavy atom. The molecule has 1 amide bonds. The van der Waals surface area contributed by atoms with E-state index in [0.717, 1.165) is 0 Å². The van der Waals surface area contributed by atoms with E-state index in [0.29, 0.717) is 27.6 Å². The first kappa shape index (κ1) is 21.0. The minimum absolute atomic E-state index is 0.276. The zero-order valence-corrected chi connectivity index (χ0v) is 16.3. The molecule has 0 saturated carbocycles. The maximum absolute atomic E-state index is 12.8. The summed E-state index contributed by atoms with van der Waals surface area (Å²) in [5.41, 5.74) is 3.29. The number of nitrogens with zero attached hydrogens (tertiary/aromatic N) is 1. The van der Waals surface area contributed by atoms with Crippen molar-refractivity contribution >= 4 is 29.7 Å². The van der Waals surface area contributed by atoms with E-state index < -0.39 is 17.7 Å². The average Bonchev–Trinajstić information content (AvgIpc) is 2.74. The molecule has 0 aliphatic rings. The SMILES string of the molecule is O=C(COc1ccc(F)cc1)NN=Cc1cccc(OC(=O)c2ccc(Cl)cc2)c1. The Morgan fingerprint density at radius 1 is 1.00 bits per heavy atom. The summed E-state index contributed by atoms with van der Waals surface area (Å²) in [6, 6.07) is 18.3. The van der Waals surface area contributed by atoms with Crippen molar-refractivity contribution in [2.45, 2.75) is 0 Å². The van der Waals surface area contributed by atoms with Crippen LogP contribution < -0.4 is 14.9 Å². The first-order valence-electron chi connectivity index (χ1n) is 8.78. The normalized spacial score (nSPS) is 10.6. The van der Waals surface area contributed by atoms with Gasteiger partial charge in [0.05, 0.1) is 11.8 Å². The number of halogens is 2. The van der Waals surface area contributed by atoms with Gasteiger partial charge < -0.3 is 9.47 Å². The molecule has 1 N–H and O–H groups in total. The molecule has 0 radical (unpaired) electrons. The summed E-state index contributed by atoms with van der Waals surface area (Å²) >= 11 is 5.81. The molecule has 3 rings (SSSR count). The first-order valence-corrected chi connectivity index (χ1v) is 9.15. The van der Waals surface area contributed by atoms with E-state index in [-0.39, 0.29) is 6.61 Å². The Kier molecular flexibility index (Phi) is 7.13. The van der Waals surface area contributed by atoms with Gasteiger partial charge in [-0.2, -0.15) is 5.10 Å². The summed E-state index contributed by atoms with van der Waals surface area (Å²) < 4.78 is 23.4. The second-order valence-corrected chi connectivity index (χ2v) is 6.44. The number of benzene rings is 3. The molecule has 0 saturated heterocycles. The van der Waals surface area contributed by atoms with Gasteiger partial charge in [0, 0.05) is 5.02 Å². The van der Waals surface area contributed by atoms with Crippen LogP contribution in [0.4, 0.5) is 4.39 Å². The van der Waals surface area contributed by atoms with Crippen molar-refractivity contribution in [3.63, 3.8) is 0 Å². The standard InChI is InChI=1S/C22H16ClFN2O4/c23-17-6-4-16(5-7-17)22(28)30-20-3-1-2-15(12-20)13-25-26-21(27)14-29-19-10-8-18(24)9-11-19/h1-13H,14H2,(H,26,27). The van der Waals surface area contributed by atoms with Crippen molar-refractivity contribution in [1.82, 2.24) is 5.43 Å². The van der Waals surface area contributed by atoms with E-state index in [1.165, 1.54) is 30.5 Å². The highest BCUT2D eigenvalue weighted by molar-refractivity contribution is 6.30. The topological polar surface area (TPSA) is 77.0 Å². The minimum Gasteiger partial charge on any atom is -0.484 e. The van der Waals surface area contributed by atoms with Crippen LogP contribution in [0, 0.1) is 5.82 Å². The van der Waals surface area contributed by atoms with E-state index in [9.17, 15) is 14.0 Å². The maximum Gasteiger partial charge on any atom is 0.343 e. The smallest absolute Gasteiger partial charge is 0.343 e. The molecule has 3 aromatic rings. The Morgan fingerprint density at radius 3 is 2.47 bits per heavy atom. The third-order valence-corrected chi connectivity index (χ3v) is 3.99. The molecule has 0 heterocycles. The van der Waals surface area contributed by atoms with Crippen molar-refractivity contribution in [3.05, 3.63) is 94.8 Å². The van der Waals surface area contributed by atoms with Crippen molar-refractivity contribution in [1.29, 1.82) is 0 Å². The van der Waals surface area contributed by atoms with Gasteiger partial charge in [-0.3, -0.25) is 4.79 Å². The summed E-state index contributed by atoms with van der Waals surface area (Å²) in [7, 11) is 0. The second kappa shape index (κ2) is 10.2. The fourth-order valence-corrected chi connectivity index (χ4v) is 2.43. The van der Waals surface area contributed by atoms with Crippen molar-refractivity contribution in [2.75, 3.05) is 6.61 Å². The predicted molar refractivity (Wildman–Crippen MR) is 110 cm³/mol. The van der Waals surface area contributed by atoms with Gasteiger partial charge in [-0.05, 0) is 66.2 Å². The quantitative estimate of drug-likeness (QED) is 0.265. The van der Waals surface area contributed by atoms with E-state index in [2.05, 4.69) is 10.5 Å². The third kappa shape index (κ3) is 6.42. The molecule has 0 fully saturated rings. The molecule has 8 heteroatoms. The Hall–Kier alpha value is -3.71. The van der Waals surface area contributed by atoms with Crippen LogP contribution in [0.2, 0.25) is 5.02 Å². The highest BCUT2D eigenvalue weighted by Crippen LogP contribution is 2.16. The zero-order chi connectivity index (χ0) is 21.3. The van der Waals surface area contributed by atoms with E-state index in [1.54, 1.807) is 48.5 Å². The summed E-state index contributed by atoms with van der Waals surface area (Å²) in [5, 5.41) is 4.36. The van der Waals surface area contributed by atoms with E-state index in [1.807, 2.05) is 0 Å². The summed E-state index contributed by atoms with van der Waals surface area (Å²) in [5.74, 6) is -0.707. The second-order valence-electron chi connectivity index (χ2n) is 6.00. The lowest BCUT2D eigenvalue weighted by Gasteiger charge is -2.06. The third-order valence-electron chi connectivity index (χ3n) is 3.74. The minimum atomic E-state index is -0.521. The molecule has 0 spiro atoms. The van der Waals surface area contributed by atoms with Crippen LogP contribution in [0.5, 0.6) is 11.5 Å². The number of ether oxygens (including phenoxy) is 2. The number of amides is 1. The van der Waals surface area contributed by atoms with E-state index >= 15 is 0 Å². The highest BCUT2D eigenvalue weighted by Gasteiger charge is 2.08. The number of nitrogens with one attached hydrogen (secondary N) is 1. The monoisotopic (exact) mass is 426 g/mol. The highest BCUT2D eigenvalue weighted by atomic mass is 35.5. The molecule has 6 nitrogen and oxygen atoms in total. The number of hydrogen-bond acceptors (Lipinski definition) is 5. The Balaban J connectivity index is 1.50. The lowest BCUT2D eigenvalue weighted by Crippen LogP contribution is -2.24. The molecule has 0 aliphatic heterocycles. The molecule has 0 unspecified atom stereocenters. The van der Waals surface area contributed by atoms with Crippen molar-refractivity contribution in [2.24, 2.45) is 5.10 Å². The maximum atomic E-state index is 12.8. The fourth-order valence-electron chi connectivity index (χ4n) is 2.30. The molecular formula is C22H16ClFN2O4. The molecule has 0 atom stereocenters. The van der Waals surface area contributed by atoms with Crippen LogP contribution in [-0.4, -0.2) is 24.7 Å². The van der Waals surface area contributed by atoms with Gasteiger partial charge in [-0.15, -0.1) is 0 Å². The molecule has 0 bridgehead atoms. The number of esters is 1. The summed E-state index contributed by atoms with van der Waals surface area (Å²) in [4.78, 5) is 23.9. The van der Waals surface area contributed by atoms with Crippen molar-refractivity contribution < 1.29 is 23.5 Å². The van der Waals surface area contributed by atoms with Crippen LogP contribution in [-0.2, 0) is 4.79 Å². The fraction of sp³-hybridized carbons (Fsp3) is 0.0455. The Bertz CT molecular complexity index is 1050. The number of hydrazone groups is 1. The molecule has 0 aliphatic carbocycles. The lowest BCUT2D eigenvalue weighted by atomic mass is 10.2. The van der Waals surface area contributed by atoms with Gasteiger partial charge in [-0.1, -0.05) is 23.7 Å². The van der Waals surface area contributed by atoms with Crippen LogP contribution in [0.15, 0.2) is 77.9 Å². The lowest BCUT2D eigenvalue weighted by molar-refractivity contribution is -0.123. The van der Waals surface area contributed by atoms with Gasteiger partial charge >= 0.3 is 5.97 Å². The zero-order valence-electron chi connectivity index (χ0n) is 15.5.